The van der Waals surface area contributed by atoms with E-state index in [1.807, 2.05) is 0 Å². The fourth-order valence-corrected chi connectivity index (χ4v) is 3.45. The van der Waals surface area contributed by atoms with E-state index in [4.69, 9.17) is 18.2 Å². The van der Waals surface area contributed by atoms with Crippen LogP contribution in [0.2, 0.25) is 5.02 Å². The van der Waals surface area contributed by atoms with Gasteiger partial charge < -0.3 is 10.0 Å². The minimum absolute atomic E-state index is 0.0735. The molecular formula is C14H11ClF4N2O. The molecule has 22 heavy (non-hydrogen) atoms. The third kappa shape index (κ3) is 2.40. The van der Waals surface area contributed by atoms with Crippen LogP contribution in [-0.2, 0) is 0 Å². The van der Waals surface area contributed by atoms with Gasteiger partial charge in [-0.05, 0) is 30.4 Å². The Bertz CT molecular complexity index is 634. The van der Waals surface area contributed by atoms with Crippen LogP contribution in [0.5, 0.6) is 0 Å². The minimum atomic E-state index is -4.74. The third-order valence-electron chi connectivity index (χ3n) is 4.31. The molecule has 0 aromatic heterocycles. The number of hydrogen-bond donors (Lipinski definition) is 1. The lowest BCUT2D eigenvalue weighted by Gasteiger charge is -2.34. The predicted octanol–water partition coefficient (Wildman–Crippen LogP) is 3.78. The van der Waals surface area contributed by atoms with Crippen molar-refractivity contribution in [2.24, 2.45) is 11.8 Å². The fraction of sp³-hybridized carbons (Fsp3) is 0.500. The predicted molar refractivity (Wildman–Crippen MR) is 72.5 cm³/mol. The highest BCUT2D eigenvalue weighted by Crippen LogP contribution is 2.53. The number of aliphatic hydroxyl groups is 1. The second kappa shape index (κ2) is 5.00. The molecule has 0 radical (unpaired) electrons. The summed E-state index contributed by atoms with van der Waals surface area (Å²) < 4.78 is 52.4. The smallest absolute Gasteiger partial charge is 0.382 e. The molecule has 118 valence electrons. The molecule has 0 amide bonds. The van der Waals surface area contributed by atoms with Gasteiger partial charge in [0.15, 0.2) is 6.10 Å². The molecule has 2 aliphatic rings. The van der Waals surface area contributed by atoms with E-state index in [0.29, 0.717) is 13.0 Å². The normalized spacial score (nSPS) is 28.2. The number of benzene rings is 1. The molecule has 3 rings (SSSR count). The number of rotatable bonds is 2. The van der Waals surface area contributed by atoms with Crippen molar-refractivity contribution < 1.29 is 22.7 Å². The second-order valence-electron chi connectivity index (χ2n) is 5.66. The monoisotopic (exact) mass is 334 g/mol. The van der Waals surface area contributed by atoms with Crippen molar-refractivity contribution in [1.82, 2.24) is 0 Å². The molecule has 1 saturated heterocycles. The first-order valence-corrected chi connectivity index (χ1v) is 6.99. The average molecular weight is 335 g/mol. The number of alkyl halides is 3. The highest BCUT2D eigenvalue weighted by molar-refractivity contribution is 6.33. The van der Waals surface area contributed by atoms with E-state index in [1.165, 1.54) is 11.0 Å². The average Bonchev–Trinajstić information content (AvgIpc) is 3.07. The Morgan fingerprint density at radius 3 is 2.64 bits per heavy atom. The van der Waals surface area contributed by atoms with Crippen LogP contribution in [0.3, 0.4) is 0 Å². The number of anilines is 1. The lowest BCUT2D eigenvalue weighted by Crippen LogP contribution is -2.49. The number of nitrogens with zero attached hydrogens (tertiary/aromatic N) is 2. The van der Waals surface area contributed by atoms with Crippen LogP contribution in [-0.4, -0.2) is 30.0 Å². The van der Waals surface area contributed by atoms with Gasteiger partial charge in [-0.1, -0.05) is 11.6 Å². The Morgan fingerprint density at radius 2 is 2.09 bits per heavy atom. The summed E-state index contributed by atoms with van der Waals surface area (Å²) in [6, 6.07) is 1.14. The van der Waals surface area contributed by atoms with Gasteiger partial charge in [0, 0.05) is 12.2 Å². The number of fused-ring (bicyclic) bond motifs is 1. The highest BCUT2D eigenvalue weighted by atomic mass is 35.5. The number of piperidine rings is 1. The van der Waals surface area contributed by atoms with Gasteiger partial charge >= 0.3 is 6.18 Å². The van der Waals surface area contributed by atoms with E-state index in [0.717, 1.165) is 6.07 Å². The molecule has 1 aliphatic heterocycles. The van der Waals surface area contributed by atoms with Crippen LogP contribution in [0.4, 0.5) is 28.9 Å². The molecular weight excluding hydrogens is 324 g/mol. The Balaban J connectivity index is 1.96. The molecule has 1 saturated carbocycles. The van der Waals surface area contributed by atoms with Crippen molar-refractivity contribution in [3.8, 4) is 0 Å². The van der Waals surface area contributed by atoms with E-state index in [9.17, 15) is 22.7 Å². The third-order valence-corrected chi connectivity index (χ3v) is 4.60. The van der Waals surface area contributed by atoms with E-state index in [-0.39, 0.29) is 28.2 Å². The standard InChI is InChI=1S/C14H11ClF4N2O/c1-20-11-9(15)3-7(4-10(11)16)21-5-6-2-8(6)12(21)13(22)14(17,18)19/h3-4,6,8,12-13,22H,2,5H2. The summed E-state index contributed by atoms with van der Waals surface area (Å²) in [4.78, 5) is 4.30. The van der Waals surface area contributed by atoms with Crippen molar-refractivity contribution in [1.29, 1.82) is 0 Å². The molecule has 1 heterocycles. The van der Waals surface area contributed by atoms with Gasteiger partial charge in [-0.25, -0.2) is 9.24 Å². The van der Waals surface area contributed by atoms with Crippen molar-refractivity contribution >= 4 is 23.0 Å². The summed E-state index contributed by atoms with van der Waals surface area (Å²) >= 11 is 5.81. The zero-order chi connectivity index (χ0) is 16.2. The number of hydrogen-bond acceptors (Lipinski definition) is 2. The fourth-order valence-electron chi connectivity index (χ4n) is 3.21. The van der Waals surface area contributed by atoms with Crippen LogP contribution in [0.25, 0.3) is 4.85 Å². The SMILES string of the molecule is [C-]#[N+]c1c(F)cc(N2CC3CC3C2C(O)C(F)(F)F)cc1Cl. The van der Waals surface area contributed by atoms with Crippen molar-refractivity contribution in [3.05, 3.63) is 34.4 Å². The lowest BCUT2D eigenvalue weighted by molar-refractivity contribution is -0.210. The Morgan fingerprint density at radius 1 is 1.41 bits per heavy atom. The van der Waals surface area contributed by atoms with Gasteiger partial charge in [-0.15, -0.1) is 0 Å². The first kappa shape index (κ1) is 15.4. The second-order valence-corrected chi connectivity index (χ2v) is 6.07. The van der Waals surface area contributed by atoms with E-state index >= 15 is 0 Å². The van der Waals surface area contributed by atoms with Gasteiger partial charge in [-0.2, -0.15) is 13.2 Å². The first-order chi connectivity index (χ1) is 10.2. The van der Waals surface area contributed by atoms with E-state index in [2.05, 4.69) is 4.85 Å². The highest BCUT2D eigenvalue weighted by Gasteiger charge is 2.60. The molecule has 4 unspecified atom stereocenters. The molecule has 8 heteroatoms. The number of halogens is 5. The van der Waals surface area contributed by atoms with Crippen LogP contribution in [0.15, 0.2) is 12.1 Å². The summed E-state index contributed by atoms with van der Waals surface area (Å²) in [5, 5.41) is 9.46. The zero-order valence-corrected chi connectivity index (χ0v) is 11.9. The van der Waals surface area contributed by atoms with Gasteiger partial charge in [0.25, 0.3) is 0 Å². The molecule has 0 spiro atoms. The lowest BCUT2D eigenvalue weighted by atomic mass is 10.0. The Kier molecular flexibility index (Phi) is 3.49. The summed E-state index contributed by atoms with van der Waals surface area (Å²) in [5.41, 5.74) is -0.196. The number of aliphatic hydroxyl groups excluding tert-OH is 1. The van der Waals surface area contributed by atoms with Crippen LogP contribution in [0.1, 0.15) is 6.42 Å². The van der Waals surface area contributed by atoms with Gasteiger partial charge in [0.05, 0.1) is 17.6 Å². The summed E-state index contributed by atoms with van der Waals surface area (Å²) in [7, 11) is 0. The molecule has 4 atom stereocenters. The molecule has 1 N–H and O–H groups in total. The van der Waals surface area contributed by atoms with Crippen LogP contribution >= 0.6 is 11.6 Å². The molecule has 3 nitrogen and oxygen atoms in total. The summed E-state index contributed by atoms with van der Waals surface area (Å²) in [6.45, 7) is 7.15. The Labute approximate surface area is 128 Å². The Hall–Kier alpha value is -1.52. The zero-order valence-electron chi connectivity index (χ0n) is 11.1. The molecule has 2 fully saturated rings. The van der Waals surface area contributed by atoms with Gasteiger partial charge in [0.2, 0.25) is 5.69 Å². The maximum atomic E-state index is 13.8. The molecule has 1 aromatic carbocycles. The minimum Gasteiger partial charge on any atom is -0.382 e. The van der Waals surface area contributed by atoms with Gasteiger partial charge in [-0.3, -0.25) is 0 Å². The molecule has 1 aromatic rings. The maximum Gasteiger partial charge on any atom is 0.416 e. The quantitative estimate of drug-likeness (QED) is 0.658. The van der Waals surface area contributed by atoms with Gasteiger partial charge in [0.1, 0.15) is 5.82 Å². The topological polar surface area (TPSA) is 27.8 Å². The van der Waals surface area contributed by atoms with Crippen molar-refractivity contribution in [2.45, 2.75) is 24.7 Å². The van der Waals surface area contributed by atoms with E-state index < -0.39 is 24.1 Å². The first-order valence-electron chi connectivity index (χ1n) is 6.62. The van der Waals surface area contributed by atoms with Crippen LogP contribution < -0.4 is 4.90 Å². The largest absolute Gasteiger partial charge is 0.416 e. The van der Waals surface area contributed by atoms with Crippen LogP contribution in [0, 0.1) is 24.2 Å². The summed E-state index contributed by atoms with van der Waals surface area (Å²) in [5.74, 6) is -1.05. The van der Waals surface area contributed by atoms with Crippen molar-refractivity contribution in [3.63, 3.8) is 0 Å². The summed E-state index contributed by atoms with van der Waals surface area (Å²) in [6.07, 6.45) is -6.60. The molecule has 0 bridgehead atoms. The maximum absolute atomic E-state index is 13.8. The molecule has 1 aliphatic carbocycles. The van der Waals surface area contributed by atoms with Crippen molar-refractivity contribution in [2.75, 3.05) is 11.4 Å². The van der Waals surface area contributed by atoms with E-state index in [1.54, 1.807) is 0 Å².